The summed E-state index contributed by atoms with van der Waals surface area (Å²) in [4.78, 5) is 17.5. The van der Waals surface area contributed by atoms with Crippen LogP contribution in [0.2, 0.25) is 0 Å². The highest BCUT2D eigenvalue weighted by molar-refractivity contribution is 7.17. The van der Waals surface area contributed by atoms with Crippen molar-refractivity contribution in [2.45, 2.75) is 13.3 Å². The first-order valence-electron chi connectivity index (χ1n) is 5.63. The van der Waals surface area contributed by atoms with Gasteiger partial charge in [-0.15, -0.1) is 11.3 Å². The zero-order valence-electron chi connectivity index (χ0n) is 9.80. The third kappa shape index (κ3) is 1.75. The number of aliphatic hydroxyl groups excluding tert-OH is 1. The predicted octanol–water partition coefficient (Wildman–Crippen LogP) is 3.36. The Hall–Kier alpha value is -1.94. The van der Waals surface area contributed by atoms with E-state index in [4.69, 9.17) is 0 Å². The smallest absolute Gasteiger partial charge is 0.175 e. The molecule has 2 heterocycles. The number of carbonyl (C=O) groups is 1. The van der Waals surface area contributed by atoms with Gasteiger partial charge in [0.15, 0.2) is 5.78 Å². The summed E-state index contributed by atoms with van der Waals surface area (Å²) < 4.78 is 0. The van der Waals surface area contributed by atoms with Gasteiger partial charge >= 0.3 is 0 Å². The van der Waals surface area contributed by atoms with E-state index in [1.807, 2.05) is 31.2 Å². The van der Waals surface area contributed by atoms with Crippen LogP contribution in [0.5, 0.6) is 0 Å². The Morgan fingerprint density at radius 3 is 2.72 bits per heavy atom. The van der Waals surface area contributed by atoms with Crippen LogP contribution in [0, 0.1) is 6.92 Å². The summed E-state index contributed by atoms with van der Waals surface area (Å²) in [5, 5.41) is 9.51. The molecule has 4 heteroatoms. The number of aromatic nitrogens is 1. The standard InChI is InChI=1S/C14H11NO2S/c1-8-6-9(4-5-15-8)12-2-3-13(18-12)14-10(16)7-11(14)17/h2-6,16H,7H2,1H3. The summed E-state index contributed by atoms with van der Waals surface area (Å²) in [7, 11) is 0. The van der Waals surface area contributed by atoms with Crippen molar-refractivity contribution < 1.29 is 9.90 Å². The molecule has 0 unspecified atom stereocenters. The number of hydrogen-bond donors (Lipinski definition) is 1. The first kappa shape index (κ1) is 11.2. The van der Waals surface area contributed by atoms with Crippen molar-refractivity contribution in [1.82, 2.24) is 4.98 Å². The first-order chi connectivity index (χ1) is 8.65. The highest BCUT2D eigenvalue weighted by Crippen LogP contribution is 2.38. The van der Waals surface area contributed by atoms with E-state index < -0.39 is 0 Å². The lowest BCUT2D eigenvalue weighted by atomic mass is 9.93. The van der Waals surface area contributed by atoms with Crippen LogP contribution in [0.4, 0.5) is 0 Å². The number of aliphatic hydroxyl groups is 1. The third-order valence-electron chi connectivity index (χ3n) is 2.93. The van der Waals surface area contributed by atoms with Crippen LogP contribution in [-0.4, -0.2) is 15.9 Å². The van der Waals surface area contributed by atoms with Gasteiger partial charge in [-0.05, 0) is 36.8 Å². The molecule has 18 heavy (non-hydrogen) atoms. The predicted molar refractivity (Wildman–Crippen MR) is 71.5 cm³/mol. The van der Waals surface area contributed by atoms with E-state index in [2.05, 4.69) is 4.98 Å². The van der Waals surface area contributed by atoms with E-state index in [-0.39, 0.29) is 18.0 Å². The summed E-state index contributed by atoms with van der Waals surface area (Å²) in [6, 6.07) is 7.81. The fraction of sp³-hybridized carbons (Fsp3) is 0.143. The van der Waals surface area contributed by atoms with Crippen molar-refractivity contribution in [2.24, 2.45) is 0 Å². The Morgan fingerprint density at radius 2 is 2.06 bits per heavy atom. The molecule has 2 aromatic rings. The van der Waals surface area contributed by atoms with Crippen LogP contribution in [0.1, 0.15) is 17.0 Å². The van der Waals surface area contributed by atoms with E-state index in [1.165, 1.54) is 11.3 Å². The maximum Gasteiger partial charge on any atom is 0.175 e. The van der Waals surface area contributed by atoms with Crippen LogP contribution < -0.4 is 0 Å². The van der Waals surface area contributed by atoms with Crippen LogP contribution in [-0.2, 0) is 4.79 Å². The highest BCUT2D eigenvalue weighted by Gasteiger charge is 2.29. The summed E-state index contributed by atoms with van der Waals surface area (Å²) in [5.74, 6) is 0.228. The molecule has 3 rings (SSSR count). The van der Waals surface area contributed by atoms with Crippen LogP contribution in [0.3, 0.4) is 0 Å². The number of hydrogen-bond acceptors (Lipinski definition) is 4. The van der Waals surface area contributed by atoms with Gasteiger partial charge in [-0.1, -0.05) is 0 Å². The SMILES string of the molecule is Cc1cc(-c2ccc(C3=C(O)CC3=O)s2)ccn1. The normalized spacial score (nSPS) is 14.8. The molecule has 0 aliphatic heterocycles. The second kappa shape index (κ2) is 4.07. The second-order valence-corrected chi connectivity index (χ2v) is 5.36. The molecule has 0 aromatic carbocycles. The van der Waals surface area contributed by atoms with Gasteiger partial charge in [0.1, 0.15) is 5.76 Å². The molecule has 90 valence electrons. The maximum atomic E-state index is 11.4. The molecule has 3 nitrogen and oxygen atoms in total. The number of nitrogens with zero attached hydrogens (tertiary/aromatic N) is 1. The monoisotopic (exact) mass is 257 g/mol. The minimum absolute atomic E-state index is 0.0202. The van der Waals surface area contributed by atoms with Crippen molar-refractivity contribution in [3.05, 3.63) is 46.8 Å². The molecule has 0 saturated carbocycles. The molecule has 2 aromatic heterocycles. The maximum absolute atomic E-state index is 11.4. The Bertz CT molecular complexity index is 670. The van der Waals surface area contributed by atoms with Gasteiger partial charge < -0.3 is 5.11 Å². The van der Waals surface area contributed by atoms with Crippen molar-refractivity contribution in [2.75, 3.05) is 0 Å². The van der Waals surface area contributed by atoms with Gasteiger partial charge in [0.2, 0.25) is 0 Å². The number of Topliss-reactive ketones (excluding diaryl/α,β-unsaturated/α-hetero) is 1. The van der Waals surface area contributed by atoms with Gasteiger partial charge in [-0.2, -0.15) is 0 Å². The number of thiophene rings is 1. The lowest BCUT2D eigenvalue weighted by molar-refractivity contribution is -0.115. The van der Waals surface area contributed by atoms with E-state index >= 15 is 0 Å². The number of pyridine rings is 1. The van der Waals surface area contributed by atoms with Crippen molar-refractivity contribution >= 4 is 22.7 Å². The van der Waals surface area contributed by atoms with E-state index in [9.17, 15) is 9.90 Å². The molecule has 1 aliphatic rings. The summed E-state index contributed by atoms with van der Waals surface area (Å²) in [5.41, 5.74) is 2.53. The molecule has 1 N–H and O–H groups in total. The van der Waals surface area contributed by atoms with Gasteiger partial charge in [-0.25, -0.2) is 0 Å². The van der Waals surface area contributed by atoms with Crippen molar-refractivity contribution in [1.29, 1.82) is 0 Å². The molecule has 0 amide bonds. The average molecular weight is 257 g/mol. The molecule has 0 bridgehead atoms. The third-order valence-corrected chi connectivity index (χ3v) is 4.08. The lowest BCUT2D eigenvalue weighted by Crippen LogP contribution is -2.15. The molecule has 0 atom stereocenters. The number of ketones is 1. The minimum atomic E-state index is 0.0202. The number of carbonyl (C=O) groups excluding carboxylic acids is 1. The van der Waals surface area contributed by atoms with Crippen molar-refractivity contribution in [3.8, 4) is 10.4 Å². The Morgan fingerprint density at radius 1 is 1.28 bits per heavy atom. The second-order valence-electron chi connectivity index (χ2n) is 4.27. The number of rotatable bonds is 2. The molecular formula is C14H11NO2S. The lowest BCUT2D eigenvalue weighted by Gasteiger charge is -2.15. The molecule has 1 aliphatic carbocycles. The zero-order chi connectivity index (χ0) is 12.7. The van der Waals surface area contributed by atoms with Crippen molar-refractivity contribution in [3.63, 3.8) is 0 Å². The Kier molecular flexibility index (Phi) is 2.52. The van der Waals surface area contributed by atoms with Crippen LogP contribution in [0.25, 0.3) is 16.0 Å². The van der Waals surface area contributed by atoms with Gasteiger partial charge in [-0.3, -0.25) is 9.78 Å². The largest absolute Gasteiger partial charge is 0.511 e. The molecule has 0 radical (unpaired) electrons. The van der Waals surface area contributed by atoms with Crippen LogP contribution in [0.15, 0.2) is 36.2 Å². The highest BCUT2D eigenvalue weighted by atomic mass is 32.1. The van der Waals surface area contributed by atoms with Gasteiger partial charge in [0.05, 0.1) is 12.0 Å². The van der Waals surface area contributed by atoms with E-state index in [0.717, 1.165) is 21.0 Å². The van der Waals surface area contributed by atoms with E-state index in [0.29, 0.717) is 5.57 Å². The fourth-order valence-corrected chi connectivity index (χ4v) is 3.08. The van der Waals surface area contributed by atoms with E-state index in [1.54, 1.807) is 6.20 Å². The summed E-state index contributed by atoms with van der Waals surface area (Å²) >= 11 is 1.52. The van der Waals surface area contributed by atoms with Gasteiger partial charge in [0, 0.05) is 21.6 Å². The Balaban J connectivity index is 2.00. The van der Waals surface area contributed by atoms with Crippen LogP contribution >= 0.6 is 11.3 Å². The first-order valence-corrected chi connectivity index (χ1v) is 6.45. The summed E-state index contributed by atoms with van der Waals surface area (Å²) in [6.07, 6.45) is 1.95. The fourth-order valence-electron chi connectivity index (χ4n) is 1.99. The zero-order valence-corrected chi connectivity index (χ0v) is 10.6. The molecule has 0 fully saturated rings. The Labute approximate surface area is 108 Å². The number of allylic oxidation sites excluding steroid dienone is 2. The molecule has 0 saturated heterocycles. The summed E-state index contributed by atoms with van der Waals surface area (Å²) in [6.45, 7) is 1.95. The molecule has 0 spiro atoms. The topological polar surface area (TPSA) is 50.2 Å². The van der Waals surface area contributed by atoms with Gasteiger partial charge in [0.25, 0.3) is 0 Å². The average Bonchev–Trinajstić information content (AvgIpc) is 2.77. The molecular weight excluding hydrogens is 246 g/mol. The quantitative estimate of drug-likeness (QED) is 0.897. The minimum Gasteiger partial charge on any atom is -0.511 e. The number of aryl methyl sites for hydroxylation is 1.